The number of hydrogen-bond acceptors (Lipinski definition) is 3. The van der Waals surface area contributed by atoms with Crippen LogP contribution in [0, 0.1) is 0 Å². The number of hydrogen-bond donors (Lipinski definition) is 1. The van der Waals surface area contributed by atoms with E-state index >= 15 is 0 Å². The standard InChI is InChI=1S/C20H25NO2S/c1-3-7-16-10-12-17(13-11-16)23-15-14-21-20(22)18-8-5-6-9-19(18)24-4-2/h5-6,8-13H,3-4,7,14-15H2,1-2H3,(H,21,22). The number of carbonyl (C=O) groups excluding carboxylic acids is 1. The highest BCUT2D eigenvalue weighted by molar-refractivity contribution is 7.99. The molecular weight excluding hydrogens is 318 g/mol. The average molecular weight is 343 g/mol. The molecule has 0 aliphatic heterocycles. The summed E-state index contributed by atoms with van der Waals surface area (Å²) in [7, 11) is 0. The summed E-state index contributed by atoms with van der Waals surface area (Å²) in [5.74, 6) is 1.74. The van der Waals surface area contributed by atoms with Gasteiger partial charge < -0.3 is 10.1 Å². The Morgan fingerprint density at radius 1 is 1.08 bits per heavy atom. The molecule has 4 heteroatoms. The maximum absolute atomic E-state index is 12.3. The van der Waals surface area contributed by atoms with Gasteiger partial charge in [0.1, 0.15) is 12.4 Å². The topological polar surface area (TPSA) is 38.3 Å². The molecule has 3 nitrogen and oxygen atoms in total. The van der Waals surface area contributed by atoms with E-state index in [1.165, 1.54) is 5.56 Å². The van der Waals surface area contributed by atoms with Crippen molar-refractivity contribution in [2.24, 2.45) is 0 Å². The second-order valence-electron chi connectivity index (χ2n) is 5.43. The van der Waals surface area contributed by atoms with Crippen molar-refractivity contribution in [1.82, 2.24) is 5.32 Å². The summed E-state index contributed by atoms with van der Waals surface area (Å²) in [5, 5.41) is 2.92. The Kier molecular flexibility index (Phi) is 7.69. The Labute approximate surface area is 148 Å². The van der Waals surface area contributed by atoms with Crippen LogP contribution in [0.5, 0.6) is 5.75 Å². The average Bonchev–Trinajstić information content (AvgIpc) is 2.61. The van der Waals surface area contributed by atoms with Crippen LogP contribution in [0.25, 0.3) is 0 Å². The molecule has 1 amide bonds. The number of carbonyl (C=O) groups is 1. The quantitative estimate of drug-likeness (QED) is 0.536. The van der Waals surface area contributed by atoms with Gasteiger partial charge in [-0.25, -0.2) is 0 Å². The second kappa shape index (κ2) is 10.0. The highest BCUT2D eigenvalue weighted by atomic mass is 32.2. The van der Waals surface area contributed by atoms with Crippen molar-refractivity contribution in [3.63, 3.8) is 0 Å². The molecule has 0 spiro atoms. The lowest BCUT2D eigenvalue weighted by Gasteiger charge is -2.10. The van der Waals surface area contributed by atoms with Gasteiger partial charge in [0.25, 0.3) is 5.91 Å². The smallest absolute Gasteiger partial charge is 0.252 e. The highest BCUT2D eigenvalue weighted by Crippen LogP contribution is 2.22. The summed E-state index contributed by atoms with van der Waals surface area (Å²) in [6.07, 6.45) is 2.23. The molecule has 0 aliphatic carbocycles. The first-order chi connectivity index (χ1) is 11.7. The molecule has 24 heavy (non-hydrogen) atoms. The minimum atomic E-state index is -0.0477. The fourth-order valence-corrected chi connectivity index (χ4v) is 3.21. The fraction of sp³-hybridized carbons (Fsp3) is 0.350. The monoisotopic (exact) mass is 343 g/mol. The van der Waals surface area contributed by atoms with Gasteiger partial charge in [-0.2, -0.15) is 0 Å². The summed E-state index contributed by atoms with van der Waals surface area (Å²) in [5.41, 5.74) is 2.05. The third-order valence-electron chi connectivity index (χ3n) is 3.55. The van der Waals surface area contributed by atoms with Gasteiger partial charge in [0.15, 0.2) is 0 Å². The summed E-state index contributed by atoms with van der Waals surface area (Å²) in [6.45, 7) is 5.20. The molecule has 2 rings (SSSR count). The van der Waals surface area contributed by atoms with Crippen LogP contribution in [0.4, 0.5) is 0 Å². The normalized spacial score (nSPS) is 10.4. The molecule has 0 saturated carbocycles. The molecule has 0 atom stereocenters. The van der Waals surface area contributed by atoms with E-state index in [-0.39, 0.29) is 5.91 Å². The van der Waals surface area contributed by atoms with Gasteiger partial charge >= 0.3 is 0 Å². The molecule has 0 radical (unpaired) electrons. The minimum absolute atomic E-state index is 0.0477. The molecule has 0 aromatic heterocycles. The number of nitrogens with one attached hydrogen (secondary N) is 1. The van der Waals surface area contributed by atoms with Crippen LogP contribution in [0.15, 0.2) is 53.4 Å². The van der Waals surface area contributed by atoms with E-state index in [2.05, 4.69) is 31.3 Å². The zero-order valence-electron chi connectivity index (χ0n) is 14.4. The Balaban J connectivity index is 1.78. The number of ether oxygens (including phenoxy) is 1. The van der Waals surface area contributed by atoms with Crippen LogP contribution in [0.3, 0.4) is 0 Å². The van der Waals surface area contributed by atoms with Gasteiger partial charge in [0.2, 0.25) is 0 Å². The maximum atomic E-state index is 12.3. The number of aryl methyl sites for hydroxylation is 1. The van der Waals surface area contributed by atoms with Crippen LogP contribution in [0.1, 0.15) is 36.2 Å². The van der Waals surface area contributed by atoms with Gasteiger partial charge in [-0.15, -0.1) is 11.8 Å². The lowest BCUT2D eigenvalue weighted by Crippen LogP contribution is -2.28. The third kappa shape index (κ3) is 5.60. The Hall–Kier alpha value is -1.94. The SMILES string of the molecule is CCCc1ccc(OCCNC(=O)c2ccccc2SCC)cc1. The number of benzene rings is 2. The molecule has 1 N–H and O–H groups in total. The van der Waals surface area contributed by atoms with Crippen molar-refractivity contribution in [3.8, 4) is 5.75 Å². The van der Waals surface area contributed by atoms with E-state index in [1.807, 2.05) is 36.4 Å². The van der Waals surface area contributed by atoms with Gasteiger partial charge in [0, 0.05) is 4.90 Å². The zero-order chi connectivity index (χ0) is 17.2. The van der Waals surface area contributed by atoms with Crippen LogP contribution in [-0.4, -0.2) is 24.8 Å². The van der Waals surface area contributed by atoms with Crippen LogP contribution >= 0.6 is 11.8 Å². The van der Waals surface area contributed by atoms with Gasteiger partial charge in [-0.1, -0.05) is 44.5 Å². The first-order valence-electron chi connectivity index (χ1n) is 8.46. The first-order valence-corrected chi connectivity index (χ1v) is 9.45. The molecular formula is C20H25NO2S. The van der Waals surface area contributed by atoms with E-state index in [4.69, 9.17) is 4.74 Å². The van der Waals surface area contributed by atoms with Crippen molar-refractivity contribution in [3.05, 3.63) is 59.7 Å². The maximum Gasteiger partial charge on any atom is 0.252 e. The number of rotatable bonds is 9. The molecule has 0 aliphatic rings. The van der Waals surface area contributed by atoms with Gasteiger partial charge in [0.05, 0.1) is 12.1 Å². The molecule has 2 aromatic rings. The van der Waals surface area contributed by atoms with Crippen molar-refractivity contribution >= 4 is 17.7 Å². The van der Waals surface area contributed by atoms with E-state index in [9.17, 15) is 4.79 Å². The molecule has 0 unspecified atom stereocenters. The van der Waals surface area contributed by atoms with Crippen molar-refractivity contribution in [2.45, 2.75) is 31.6 Å². The van der Waals surface area contributed by atoms with Crippen LogP contribution in [0.2, 0.25) is 0 Å². The van der Waals surface area contributed by atoms with Crippen LogP contribution in [-0.2, 0) is 6.42 Å². The van der Waals surface area contributed by atoms with Crippen LogP contribution < -0.4 is 10.1 Å². The fourth-order valence-electron chi connectivity index (χ4n) is 2.41. The highest BCUT2D eigenvalue weighted by Gasteiger charge is 2.10. The predicted molar refractivity (Wildman–Crippen MR) is 101 cm³/mol. The van der Waals surface area contributed by atoms with E-state index in [1.54, 1.807) is 11.8 Å². The Morgan fingerprint density at radius 3 is 2.54 bits per heavy atom. The zero-order valence-corrected chi connectivity index (χ0v) is 15.2. The van der Waals surface area contributed by atoms with Crippen molar-refractivity contribution in [1.29, 1.82) is 0 Å². The molecule has 128 valence electrons. The summed E-state index contributed by atoms with van der Waals surface area (Å²) in [4.78, 5) is 13.3. The lowest BCUT2D eigenvalue weighted by molar-refractivity contribution is 0.0944. The predicted octanol–water partition coefficient (Wildman–Crippen LogP) is 4.56. The van der Waals surface area contributed by atoms with E-state index in [0.717, 1.165) is 34.8 Å². The minimum Gasteiger partial charge on any atom is -0.492 e. The van der Waals surface area contributed by atoms with Gasteiger partial charge in [-0.3, -0.25) is 4.79 Å². The summed E-state index contributed by atoms with van der Waals surface area (Å²) >= 11 is 1.68. The number of amides is 1. The Bertz CT molecular complexity index is 640. The largest absolute Gasteiger partial charge is 0.492 e. The van der Waals surface area contributed by atoms with Gasteiger partial charge in [-0.05, 0) is 42.0 Å². The molecule has 0 saturated heterocycles. The molecule has 2 aromatic carbocycles. The van der Waals surface area contributed by atoms with E-state index in [0.29, 0.717) is 13.2 Å². The first kappa shape index (κ1) is 18.4. The second-order valence-corrected chi connectivity index (χ2v) is 6.73. The molecule has 0 heterocycles. The Morgan fingerprint density at radius 2 is 1.83 bits per heavy atom. The molecule has 0 bridgehead atoms. The van der Waals surface area contributed by atoms with E-state index < -0.39 is 0 Å². The summed E-state index contributed by atoms with van der Waals surface area (Å²) in [6, 6.07) is 15.9. The van der Waals surface area contributed by atoms with Crippen molar-refractivity contribution in [2.75, 3.05) is 18.9 Å². The molecule has 0 fully saturated rings. The summed E-state index contributed by atoms with van der Waals surface area (Å²) < 4.78 is 5.68. The van der Waals surface area contributed by atoms with Crippen molar-refractivity contribution < 1.29 is 9.53 Å². The number of thioether (sulfide) groups is 1. The lowest BCUT2D eigenvalue weighted by atomic mass is 10.1. The third-order valence-corrected chi connectivity index (χ3v) is 4.51.